The number of aromatic nitrogens is 3. The highest BCUT2D eigenvalue weighted by Gasteiger charge is 2.16. The Labute approximate surface area is 181 Å². The molecule has 0 saturated carbocycles. The Kier molecular flexibility index (Phi) is 5.52. The van der Waals surface area contributed by atoms with Crippen molar-refractivity contribution in [2.75, 3.05) is 45.2 Å². The lowest BCUT2D eigenvalue weighted by Crippen LogP contribution is -2.38. The minimum atomic E-state index is 0.473. The Bertz CT molecular complexity index is 1170. The predicted molar refractivity (Wildman–Crippen MR) is 121 cm³/mol. The average Bonchev–Trinajstić information content (AvgIpc) is 3.22. The second-order valence-corrected chi connectivity index (χ2v) is 7.54. The summed E-state index contributed by atoms with van der Waals surface area (Å²) in [5.74, 6) is 1.30. The van der Waals surface area contributed by atoms with E-state index in [0.717, 1.165) is 66.4 Å². The molecule has 1 aliphatic heterocycles. The van der Waals surface area contributed by atoms with Crippen LogP contribution in [0.15, 0.2) is 67.1 Å². The molecule has 1 fully saturated rings. The van der Waals surface area contributed by atoms with Crippen LogP contribution in [-0.2, 0) is 4.74 Å². The molecule has 2 N–H and O–H groups in total. The highest BCUT2D eigenvalue weighted by atomic mass is 16.5. The minimum absolute atomic E-state index is 0.473. The van der Waals surface area contributed by atoms with Crippen molar-refractivity contribution in [2.24, 2.45) is 0 Å². The van der Waals surface area contributed by atoms with E-state index in [2.05, 4.69) is 33.2 Å². The average molecular weight is 415 g/mol. The molecular formula is C24H25N5O2. The Morgan fingerprint density at radius 2 is 1.84 bits per heavy atom. The maximum atomic E-state index is 6.25. The first-order valence-electron chi connectivity index (χ1n) is 10.5. The number of hydrogen-bond acceptors (Lipinski definition) is 6. The first kappa shape index (κ1) is 19.5. The first-order valence-corrected chi connectivity index (χ1v) is 10.5. The van der Waals surface area contributed by atoms with Crippen molar-refractivity contribution in [2.45, 2.75) is 0 Å². The number of ether oxygens (including phenoxy) is 2. The van der Waals surface area contributed by atoms with Crippen molar-refractivity contribution in [3.05, 3.63) is 67.1 Å². The second kappa shape index (κ2) is 8.75. The summed E-state index contributed by atoms with van der Waals surface area (Å²) in [4.78, 5) is 11.1. The van der Waals surface area contributed by atoms with Gasteiger partial charge in [0.15, 0.2) is 5.65 Å². The van der Waals surface area contributed by atoms with E-state index in [1.807, 2.05) is 47.0 Å². The maximum absolute atomic E-state index is 6.25. The normalized spacial score (nSPS) is 14.7. The quantitative estimate of drug-likeness (QED) is 0.520. The molecule has 0 spiro atoms. The Balaban J connectivity index is 1.44. The molecule has 7 heteroatoms. The number of nitrogens with zero attached hydrogens (tertiary/aromatic N) is 4. The van der Waals surface area contributed by atoms with Crippen LogP contribution in [0.1, 0.15) is 0 Å². The van der Waals surface area contributed by atoms with E-state index < -0.39 is 0 Å². The number of rotatable bonds is 6. The lowest BCUT2D eigenvalue weighted by molar-refractivity contribution is 0.0322. The zero-order chi connectivity index (χ0) is 21.0. The van der Waals surface area contributed by atoms with Gasteiger partial charge in [0.1, 0.15) is 24.5 Å². The van der Waals surface area contributed by atoms with Crippen LogP contribution in [0.4, 0.5) is 5.82 Å². The Hall–Kier alpha value is -3.42. The highest BCUT2D eigenvalue weighted by molar-refractivity contribution is 6.01. The van der Waals surface area contributed by atoms with Gasteiger partial charge in [-0.05, 0) is 17.7 Å². The van der Waals surface area contributed by atoms with Gasteiger partial charge < -0.3 is 19.8 Å². The molecule has 2 aromatic heterocycles. The number of morpholine rings is 1. The molecule has 0 bridgehead atoms. The SMILES string of the molecule is Nc1ncnc2c1c(-c1ccccc1)cn2-c1cccc(OCCN2CCOCC2)c1. The van der Waals surface area contributed by atoms with Crippen LogP contribution in [0, 0.1) is 0 Å². The molecule has 31 heavy (non-hydrogen) atoms. The van der Waals surface area contributed by atoms with Crippen molar-refractivity contribution < 1.29 is 9.47 Å². The molecular weight excluding hydrogens is 390 g/mol. The molecule has 2 aromatic carbocycles. The van der Waals surface area contributed by atoms with E-state index >= 15 is 0 Å². The Morgan fingerprint density at radius 3 is 2.68 bits per heavy atom. The van der Waals surface area contributed by atoms with Crippen LogP contribution < -0.4 is 10.5 Å². The van der Waals surface area contributed by atoms with Crippen LogP contribution in [-0.4, -0.2) is 58.9 Å². The monoisotopic (exact) mass is 415 g/mol. The van der Waals surface area contributed by atoms with E-state index in [-0.39, 0.29) is 0 Å². The minimum Gasteiger partial charge on any atom is -0.492 e. The molecule has 158 valence electrons. The maximum Gasteiger partial charge on any atom is 0.150 e. The van der Waals surface area contributed by atoms with E-state index in [4.69, 9.17) is 15.2 Å². The van der Waals surface area contributed by atoms with Gasteiger partial charge in [-0.3, -0.25) is 4.90 Å². The van der Waals surface area contributed by atoms with Gasteiger partial charge >= 0.3 is 0 Å². The van der Waals surface area contributed by atoms with Crippen molar-refractivity contribution in [3.8, 4) is 22.6 Å². The van der Waals surface area contributed by atoms with Crippen LogP contribution in [0.5, 0.6) is 5.75 Å². The number of hydrogen-bond donors (Lipinski definition) is 1. The van der Waals surface area contributed by atoms with Gasteiger partial charge in [-0.1, -0.05) is 36.4 Å². The van der Waals surface area contributed by atoms with Crippen molar-refractivity contribution in [1.82, 2.24) is 19.4 Å². The van der Waals surface area contributed by atoms with Gasteiger partial charge in [0, 0.05) is 37.5 Å². The summed E-state index contributed by atoms with van der Waals surface area (Å²) in [6.07, 6.45) is 3.57. The van der Waals surface area contributed by atoms with E-state index in [1.165, 1.54) is 6.33 Å². The molecule has 0 amide bonds. The van der Waals surface area contributed by atoms with Gasteiger partial charge in [0.2, 0.25) is 0 Å². The first-order chi connectivity index (χ1) is 15.3. The standard InChI is InChI=1S/C24H25N5O2/c25-23-22-21(18-5-2-1-3-6-18)16-29(24(22)27-17-26-23)19-7-4-8-20(15-19)31-14-11-28-9-12-30-13-10-28/h1-8,15-17H,9-14H2,(H2,25,26,27). The number of nitrogens with two attached hydrogens (primary N) is 1. The Morgan fingerprint density at radius 1 is 1.00 bits per heavy atom. The molecule has 0 atom stereocenters. The summed E-state index contributed by atoms with van der Waals surface area (Å²) in [6, 6.07) is 18.2. The zero-order valence-electron chi connectivity index (χ0n) is 17.3. The van der Waals surface area contributed by atoms with Gasteiger partial charge in [-0.2, -0.15) is 0 Å². The molecule has 5 rings (SSSR count). The number of anilines is 1. The van der Waals surface area contributed by atoms with Crippen molar-refractivity contribution >= 4 is 16.9 Å². The zero-order valence-corrected chi connectivity index (χ0v) is 17.3. The summed E-state index contributed by atoms with van der Waals surface area (Å²) in [7, 11) is 0. The molecule has 0 unspecified atom stereocenters. The third-order valence-electron chi connectivity index (χ3n) is 5.57. The fraction of sp³-hybridized carbons (Fsp3) is 0.250. The number of benzene rings is 2. The van der Waals surface area contributed by atoms with E-state index in [1.54, 1.807) is 0 Å². The smallest absolute Gasteiger partial charge is 0.150 e. The fourth-order valence-corrected chi connectivity index (χ4v) is 3.96. The van der Waals surface area contributed by atoms with E-state index in [0.29, 0.717) is 12.4 Å². The number of fused-ring (bicyclic) bond motifs is 1. The van der Waals surface area contributed by atoms with Crippen LogP contribution in [0.25, 0.3) is 27.8 Å². The molecule has 3 heterocycles. The summed E-state index contributed by atoms with van der Waals surface area (Å²) in [5, 5.41) is 0.854. The van der Waals surface area contributed by atoms with Crippen molar-refractivity contribution in [3.63, 3.8) is 0 Å². The van der Waals surface area contributed by atoms with Gasteiger partial charge in [0.25, 0.3) is 0 Å². The van der Waals surface area contributed by atoms with Gasteiger partial charge in [-0.15, -0.1) is 0 Å². The summed E-state index contributed by atoms with van der Waals surface area (Å²) in [6.45, 7) is 5.04. The summed E-state index contributed by atoms with van der Waals surface area (Å²) >= 11 is 0. The molecule has 4 aromatic rings. The largest absolute Gasteiger partial charge is 0.492 e. The topological polar surface area (TPSA) is 78.4 Å². The third kappa shape index (κ3) is 4.10. The molecule has 0 radical (unpaired) electrons. The predicted octanol–water partition coefficient (Wildman–Crippen LogP) is 3.38. The molecule has 7 nitrogen and oxygen atoms in total. The molecule has 1 saturated heterocycles. The summed E-state index contributed by atoms with van der Waals surface area (Å²) < 4.78 is 13.5. The van der Waals surface area contributed by atoms with Crippen LogP contribution in [0.2, 0.25) is 0 Å². The summed E-state index contributed by atoms with van der Waals surface area (Å²) in [5.41, 5.74) is 10.1. The number of nitrogen functional groups attached to an aromatic ring is 1. The molecule has 1 aliphatic rings. The highest BCUT2D eigenvalue weighted by Crippen LogP contribution is 2.34. The van der Waals surface area contributed by atoms with Crippen LogP contribution >= 0.6 is 0 Å². The van der Waals surface area contributed by atoms with Gasteiger partial charge in [-0.25, -0.2) is 9.97 Å². The van der Waals surface area contributed by atoms with Crippen LogP contribution in [0.3, 0.4) is 0 Å². The van der Waals surface area contributed by atoms with E-state index in [9.17, 15) is 0 Å². The van der Waals surface area contributed by atoms with Gasteiger partial charge in [0.05, 0.1) is 24.3 Å². The van der Waals surface area contributed by atoms with Crippen molar-refractivity contribution in [1.29, 1.82) is 0 Å². The fourth-order valence-electron chi connectivity index (χ4n) is 3.96. The third-order valence-corrected chi connectivity index (χ3v) is 5.57. The lowest BCUT2D eigenvalue weighted by atomic mass is 10.1. The molecule has 0 aliphatic carbocycles. The lowest BCUT2D eigenvalue weighted by Gasteiger charge is -2.26. The second-order valence-electron chi connectivity index (χ2n) is 7.54.